The van der Waals surface area contributed by atoms with E-state index in [1.54, 1.807) is 11.8 Å². The van der Waals surface area contributed by atoms with Crippen LogP contribution in [0.15, 0.2) is 18.2 Å². The minimum Gasteiger partial charge on any atom is -0.479 e. The van der Waals surface area contributed by atoms with E-state index < -0.39 is 11.9 Å². The second-order valence-electron chi connectivity index (χ2n) is 7.24. The fourth-order valence-electron chi connectivity index (χ4n) is 3.87. The maximum absolute atomic E-state index is 13.1. The van der Waals surface area contributed by atoms with Crippen LogP contribution >= 0.6 is 11.6 Å². The lowest BCUT2D eigenvalue weighted by Crippen LogP contribution is -2.48. The molecule has 0 bridgehead atoms. The number of halogens is 2. The van der Waals surface area contributed by atoms with Gasteiger partial charge in [-0.2, -0.15) is 0 Å². The summed E-state index contributed by atoms with van der Waals surface area (Å²) in [6.07, 6.45) is 1.53. The number of nitrogens with zero attached hydrogens (tertiary/aromatic N) is 2. The highest BCUT2D eigenvalue weighted by molar-refractivity contribution is 6.32. The van der Waals surface area contributed by atoms with Gasteiger partial charge in [0.1, 0.15) is 11.6 Å². The summed E-state index contributed by atoms with van der Waals surface area (Å²) in [6.45, 7) is 6.44. The first-order valence-corrected chi connectivity index (χ1v) is 9.40. The predicted molar refractivity (Wildman–Crippen MR) is 96.6 cm³/mol. The summed E-state index contributed by atoms with van der Waals surface area (Å²) >= 11 is 5.96. The SMILES string of the molecule is CCN1CC2(CCN(C(=O)[C@H](C)Oc3ccc(F)cc3Cl)CC2)CC1=O. The van der Waals surface area contributed by atoms with Gasteiger partial charge in [-0.25, -0.2) is 4.39 Å². The van der Waals surface area contributed by atoms with Crippen molar-refractivity contribution < 1.29 is 18.7 Å². The average Bonchev–Trinajstić information content (AvgIpc) is 2.92. The molecule has 2 aliphatic rings. The first-order chi connectivity index (χ1) is 12.3. The van der Waals surface area contributed by atoms with Crippen molar-refractivity contribution in [2.75, 3.05) is 26.2 Å². The highest BCUT2D eigenvalue weighted by Gasteiger charge is 2.45. The molecule has 2 amide bonds. The Labute approximate surface area is 158 Å². The van der Waals surface area contributed by atoms with Gasteiger partial charge >= 0.3 is 0 Å². The molecule has 0 saturated carbocycles. The maximum atomic E-state index is 13.1. The molecule has 26 heavy (non-hydrogen) atoms. The molecule has 2 aliphatic heterocycles. The highest BCUT2D eigenvalue weighted by Crippen LogP contribution is 2.41. The van der Waals surface area contributed by atoms with E-state index >= 15 is 0 Å². The van der Waals surface area contributed by atoms with Gasteiger partial charge in [-0.05, 0) is 44.9 Å². The van der Waals surface area contributed by atoms with Gasteiger partial charge < -0.3 is 14.5 Å². The zero-order chi connectivity index (χ0) is 18.9. The third-order valence-electron chi connectivity index (χ3n) is 5.47. The van der Waals surface area contributed by atoms with Gasteiger partial charge in [-0.1, -0.05) is 11.6 Å². The van der Waals surface area contributed by atoms with Gasteiger partial charge in [-0.15, -0.1) is 0 Å². The van der Waals surface area contributed by atoms with Gasteiger partial charge in [0.05, 0.1) is 5.02 Å². The fraction of sp³-hybridized carbons (Fsp3) is 0.579. The van der Waals surface area contributed by atoms with Crippen molar-refractivity contribution >= 4 is 23.4 Å². The van der Waals surface area contributed by atoms with Crippen molar-refractivity contribution in [3.63, 3.8) is 0 Å². The Hall–Kier alpha value is -1.82. The molecule has 2 fully saturated rings. The van der Waals surface area contributed by atoms with Crippen LogP contribution in [0.5, 0.6) is 5.75 Å². The van der Waals surface area contributed by atoms with Crippen molar-refractivity contribution in [1.29, 1.82) is 0 Å². The lowest BCUT2D eigenvalue weighted by atomic mass is 9.77. The van der Waals surface area contributed by atoms with E-state index in [0.717, 1.165) is 32.0 Å². The van der Waals surface area contributed by atoms with Crippen LogP contribution < -0.4 is 4.74 Å². The van der Waals surface area contributed by atoms with E-state index in [9.17, 15) is 14.0 Å². The Morgan fingerprint density at radius 3 is 2.65 bits per heavy atom. The summed E-state index contributed by atoms with van der Waals surface area (Å²) in [7, 11) is 0. The molecule has 0 unspecified atom stereocenters. The number of carbonyl (C=O) groups is 2. The summed E-state index contributed by atoms with van der Waals surface area (Å²) in [5.74, 6) is -0.0518. The molecule has 2 heterocycles. The third kappa shape index (κ3) is 3.80. The van der Waals surface area contributed by atoms with E-state index in [4.69, 9.17) is 16.3 Å². The van der Waals surface area contributed by atoms with Gasteiger partial charge in [0.25, 0.3) is 5.91 Å². The molecule has 142 valence electrons. The molecule has 0 radical (unpaired) electrons. The summed E-state index contributed by atoms with van der Waals surface area (Å²) in [5, 5.41) is 0.145. The van der Waals surface area contributed by atoms with Crippen molar-refractivity contribution in [3.05, 3.63) is 29.0 Å². The van der Waals surface area contributed by atoms with Crippen LogP contribution in [-0.2, 0) is 9.59 Å². The van der Waals surface area contributed by atoms with E-state index in [1.807, 2.05) is 11.8 Å². The van der Waals surface area contributed by atoms with E-state index in [1.165, 1.54) is 12.1 Å². The Morgan fingerprint density at radius 2 is 2.08 bits per heavy atom. The molecule has 7 heteroatoms. The number of rotatable bonds is 4. The second kappa shape index (κ2) is 7.43. The molecular weight excluding hydrogens is 359 g/mol. The van der Waals surface area contributed by atoms with E-state index in [2.05, 4.69) is 0 Å². The van der Waals surface area contributed by atoms with Crippen molar-refractivity contribution in [2.24, 2.45) is 5.41 Å². The van der Waals surface area contributed by atoms with Crippen LogP contribution in [0, 0.1) is 11.2 Å². The summed E-state index contributed by atoms with van der Waals surface area (Å²) in [4.78, 5) is 28.4. The molecule has 3 rings (SSSR count). The number of carbonyl (C=O) groups excluding carboxylic acids is 2. The molecule has 0 aliphatic carbocycles. The zero-order valence-corrected chi connectivity index (χ0v) is 15.9. The second-order valence-corrected chi connectivity index (χ2v) is 7.65. The number of hydrogen-bond donors (Lipinski definition) is 0. The quantitative estimate of drug-likeness (QED) is 0.804. The number of benzene rings is 1. The minimum absolute atomic E-state index is 0.00817. The smallest absolute Gasteiger partial charge is 0.263 e. The molecule has 1 aromatic rings. The lowest BCUT2D eigenvalue weighted by molar-refractivity contribution is -0.140. The molecule has 0 aromatic heterocycles. The molecule has 5 nitrogen and oxygen atoms in total. The highest BCUT2D eigenvalue weighted by atomic mass is 35.5. The Kier molecular flexibility index (Phi) is 5.42. The van der Waals surface area contributed by atoms with Crippen LogP contribution in [0.1, 0.15) is 33.1 Å². The molecule has 1 spiro atoms. The number of hydrogen-bond acceptors (Lipinski definition) is 3. The third-order valence-corrected chi connectivity index (χ3v) is 5.76. The van der Waals surface area contributed by atoms with Crippen LogP contribution in [-0.4, -0.2) is 53.9 Å². The van der Waals surface area contributed by atoms with Gasteiger partial charge in [0.2, 0.25) is 5.91 Å². The van der Waals surface area contributed by atoms with Gasteiger partial charge in [0, 0.05) is 38.0 Å². The molecular formula is C19H24ClFN2O3. The van der Waals surface area contributed by atoms with Gasteiger partial charge in [-0.3, -0.25) is 9.59 Å². The minimum atomic E-state index is -0.704. The Bertz CT molecular complexity index is 704. The number of piperidine rings is 1. The van der Waals surface area contributed by atoms with Crippen LogP contribution in [0.3, 0.4) is 0 Å². The molecule has 0 N–H and O–H groups in total. The maximum Gasteiger partial charge on any atom is 0.263 e. The average molecular weight is 383 g/mol. The Balaban J connectivity index is 1.57. The zero-order valence-electron chi connectivity index (χ0n) is 15.1. The topological polar surface area (TPSA) is 49.9 Å². The largest absolute Gasteiger partial charge is 0.479 e. The van der Waals surface area contributed by atoms with Crippen molar-refractivity contribution in [1.82, 2.24) is 9.80 Å². The van der Waals surface area contributed by atoms with E-state index in [0.29, 0.717) is 25.3 Å². The normalized spacial score (nSPS) is 20.5. The standard InChI is InChI=1S/C19H24ClFN2O3/c1-3-22-12-19(11-17(22)24)6-8-23(9-7-19)18(25)13(2)26-16-5-4-14(21)10-15(16)20/h4-5,10,13H,3,6-9,11-12H2,1-2H3/t13-/m0/s1. The van der Waals surface area contributed by atoms with E-state index in [-0.39, 0.29) is 22.3 Å². The predicted octanol–water partition coefficient (Wildman–Crippen LogP) is 3.11. The first-order valence-electron chi connectivity index (χ1n) is 9.02. The number of likely N-dealkylation sites (tertiary alicyclic amines) is 2. The monoisotopic (exact) mass is 382 g/mol. The van der Waals surface area contributed by atoms with Crippen LogP contribution in [0.2, 0.25) is 5.02 Å². The lowest BCUT2D eigenvalue weighted by Gasteiger charge is -2.39. The van der Waals surface area contributed by atoms with Gasteiger partial charge in [0.15, 0.2) is 6.10 Å². The Morgan fingerprint density at radius 1 is 1.38 bits per heavy atom. The number of ether oxygens (including phenoxy) is 1. The van der Waals surface area contributed by atoms with Crippen molar-refractivity contribution in [3.8, 4) is 5.75 Å². The summed E-state index contributed by atoms with van der Waals surface area (Å²) in [5.41, 5.74) is 0.00817. The summed E-state index contributed by atoms with van der Waals surface area (Å²) in [6, 6.07) is 3.84. The first kappa shape index (κ1) is 19.0. The van der Waals surface area contributed by atoms with Crippen LogP contribution in [0.25, 0.3) is 0 Å². The van der Waals surface area contributed by atoms with Crippen LogP contribution in [0.4, 0.5) is 4.39 Å². The fourth-order valence-corrected chi connectivity index (χ4v) is 4.09. The van der Waals surface area contributed by atoms with Crippen molar-refractivity contribution in [2.45, 2.75) is 39.2 Å². The molecule has 1 aromatic carbocycles. The molecule has 2 saturated heterocycles. The molecule has 1 atom stereocenters. The summed E-state index contributed by atoms with van der Waals surface area (Å²) < 4.78 is 18.7. The number of amides is 2.